The normalized spacial score (nSPS) is 15.0. The SMILES string of the molecule is Cc1cccc(NC(=S)N(Cc2ccccc2)[C@H](C)C2CC2)c1C. The molecule has 0 saturated heterocycles. The minimum absolute atomic E-state index is 0.468. The molecule has 0 spiro atoms. The Bertz CT molecular complexity index is 707. The summed E-state index contributed by atoms with van der Waals surface area (Å²) in [6, 6.07) is 17.4. The molecule has 1 saturated carbocycles. The van der Waals surface area contributed by atoms with Crippen LogP contribution in [0.15, 0.2) is 48.5 Å². The quantitative estimate of drug-likeness (QED) is 0.745. The van der Waals surface area contributed by atoms with E-state index in [9.17, 15) is 0 Å². The molecule has 126 valence electrons. The summed E-state index contributed by atoms with van der Waals surface area (Å²) < 4.78 is 0. The van der Waals surface area contributed by atoms with Crippen molar-refractivity contribution in [3.8, 4) is 0 Å². The summed E-state index contributed by atoms with van der Waals surface area (Å²) >= 11 is 5.80. The molecule has 0 heterocycles. The van der Waals surface area contributed by atoms with Crippen molar-refractivity contribution >= 4 is 23.0 Å². The Morgan fingerprint density at radius 3 is 2.50 bits per heavy atom. The number of hydrogen-bond acceptors (Lipinski definition) is 1. The van der Waals surface area contributed by atoms with E-state index in [2.05, 4.69) is 79.5 Å². The molecule has 1 aliphatic carbocycles. The number of nitrogens with zero attached hydrogens (tertiary/aromatic N) is 1. The molecule has 3 rings (SSSR count). The number of nitrogens with one attached hydrogen (secondary N) is 1. The Morgan fingerprint density at radius 2 is 1.83 bits per heavy atom. The number of hydrogen-bond donors (Lipinski definition) is 1. The molecule has 2 nitrogen and oxygen atoms in total. The largest absolute Gasteiger partial charge is 0.342 e. The second-order valence-corrected chi connectivity index (χ2v) is 7.26. The van der Waals surface area contributed by atoms with Crippen LogP contribution in [0.5, 0.6) is 0 Å². The van der Waals surface area contributed by atoms with Crippen LogP contribution in [0, 0.1) is 19.8 Å². The molecule has 0 amide bonds. The first kappa shape index (κ1) is 17.0. The monoisotopic (exact) mass is 338 g/mol. The highest BCUT2D eigenvalue weighted by Gasteiger charge is 2.33. The van der Waals surface area contributed by atoms with Crippen LogP contribution < -0.4 is 5.32 Å². The van der Waals surface area contributed by atoms with Gasteiger partial charge in [-0.05, 0) is 74.5 Å². The fourth-order valence-electron chi connectivity index (χ4n) is 3.09. The zero-order chi connectivity index (χ0) is 17.1. The van der Waals surface area contributed by atoms with Gasteiger partial charge in [-0.25, -0.2) is 0 Å². The summed E-state index contributed by atoms with van der Waals surface area (Å²) in [6.45, 7) is 7.44. The fraction of sp³-hybridized carbons (Fsp3) is 0.381. The van der Waals surface area contributed by atoms with Gasteiger partial charge in [-0.1, -0.05) is 42.5 Å². The molecule has 1 aliphatic rings. The van der Waals surface area contributed by atoms with Crippen LogP contribution in [0.25, 0.3) is 0 Å². The Labute approximate surface area is 150 Å². The highest BCUT2D eigenvalue weighted by atomic mass is 32.1. The van der Waals surface area contributed by atoms with E-state index in [1.165, 1.54) is 29.5 Å². The minimum Gasteiger partial charge on any atom is -0.342 e. The van der Waals surface area contributed by atoms with Crippen molar-refractivity contribution in [3.63, 3.8) is 0 Å². The summed E-state index contributed by atoms with van der Waals surface area (Å²) in [6.07, 6.45) is 2.64. The van der Waals surface area contributed by atoms with Crippen molar-refractivity contribution in [1.82, 2.24) is 4.90 Å². The zero-order valence-corrected chi connectivity index (χ0v) is 15.6. The third kappa shape index (κ3) is 3.96. The predicted octanol–water partition coefficient (Wildman–Crippen LogP) is 5.30. The second-order valence-electron chi connectivity index (χ2n) is 6.87. The topological polar surface area (TPSA) is 15.3 Å². The maximum absolute atomic E-state index is 5.80. The van der Waals surface area contributed by atoms with E-state index in [4.69, 9.17) is 12.2 Å². The lowest BCUT2D eigenvalue weighted by atomic mass is 10.1. The van der Waals surface area contributed by atoms with Crippen molar-refractivity contribution in [3.05, 3.63) is 65.2 Å². The third-order valence-corrected chi connectivity index (χ3v) is 5.44. The standard InChI is InChI=1S/C21H26N2S/c1-15-8-7-11-20(16(15)2)22-21(24)23(17(3)19-12-13-19)14-18-9-5-4-6-10-18/h4-11,17,19H,12-14H2,1-3H3,(H,22,24)/t17-/m1/s1. The Kier molecular flexibility index (Phi) is 5.20. The van der Waals surface area contributed by atoms with Crippen LogP contribution in [0.4, 0.5) is 5.69 Å². The lowest BCUT2D eigenvalue weighted by Gasteiger charge is -2.32. The molecule has 24 heavy (non-hydrogen) atoms. The lowest BCUT2D eigenvalue weighted by Crippen LogP contribution is -2.42. The van der Waals surface area contributed by atoms with E-state index in [1.54, 1.807) is 0 Å². The third-order valence-electron chi connectivity index (χ3n) is 5.10. The average Bonchev–Trinajstić information content (AvgIpc) is 3.42. The van der Waals surface area contributed by atoms with E-state index in [0.29, 0.717) is 6.04 Å². The summed E-state index contributed by atoms with van der Waals surface area (Å²) in [5.74, 6) is 0.770. The molecule has 0 unspecified atom stereocenters. The first-order valence-electron chi connectivity index (χ1n) is 8.74. The van der Waals surface area contributed by atoms with Gasteiger partial charge in [0.1, 0.15) is 0 Å². The lowest BCUT2D eigenvalue weighted by molar-refractivity contribution is 0.298. The molecule has 0 bridgehead atoms. The molecule has 0 aromatic heterocycles. The molecule has 1 N–H and O–H groups in total. The van der Waals surface area contributed by atoms with Crippen LogP contribution in [-0.2, 0) is 6.54 Å². The van der Waals surface area contributed by atoms with Gasteiger partial charge in [0.15, 0.2) is 5.11 Å². The minimum atomic E-state index is 0.468. The molecular formula is C21H26N2S. The van der Waals surface area contributed by atoms with Crippen LogP contribution in [0.2, 0.25) is 0 Å². The highest BCUT2D eigenvalue weighted by molar-refractivity contribution is 7.80. The summed E-state index contributed by atoms with van der Waals surface area (Å²) in [5.41, 5.74) is 4.96. The van der Waals surface area contributed by atoms with Crippen molar-refractivity contribution in [2.75, 3.05) is 5.32 Å². The number of aryl methyl sites for hydroxylation is 1. The molecule has 2 aromatic rings. The van der Waals surface area contributed by atoms with E-state index in [-0.39, 0.29) is 0 Å². The maximum Gasteiger partial charge on any atom is 0.173 e. The van der Waals surface area contributed by atoms with E-state index in [0.717, 1.165) is 23.3 Å². The number of rotatable bonds is 5. The van der Waals surface area contributed by atoms with Gasteiger partial charge >= 0.3 is 0 Å². The van der Waals surface area contributed by atoms with Crippen molar-refractivity contribution in [1.29, 1.82) is 0 Å². The number of benzene rings is 2. The van der Waals surface area contributed by atoms with Gasteiger partial charge in [0.2, 0.25) is 0 Å². The highest BCUT2D eigenvalue weighted by Crippen LogP contribution is 2.36. The van der Waals surface area contributed by atoms with E-state index < -0.39 is 0 Å². The van der Waals surface area contributed by atoms with Crippen LogP contribution >= 0.6 is 12.2 Å². The number of anilines is 1. The smallest absolute Gasteiger partial charge is 0.173 e. The first-order valence-corrected chi connectivity index (χ1v) is 9.15. The Morgan fingerprint density at radius 1 is 1.12 bits per heavy atom. The van der Waals surface area contributed by atoms with Crippen LogP contribution in [-0.4, -0.2) is 16.1 Å². The van der Waals surface area contributed by atoms with Gasteiger partial charge < -0.3 is 10.2 Å². The van der Waals surface area contributed by atoms with Crippen molar-refractivity contribution in [2.45, 2.75) is 46.2 Å². The van der Waals surface area contributed by atoms with Gasteiger partial charge in [0.25, 0.3) is 0 Å². The summed E-state index contributed by atoms with van der Waals surface area (Å²) in [7, 11) is 0. The van der Waals surface area contributed by atoms with Gasteiger partial charge in [-0.2, -0.15) is 0 Å². The number of thiocarbonyl (C=S) groups is 1. The molecule has 0 radical (unpaired) electrons. The van der Waals surface area contributed by atoms with Crippen molar-refractivity contribution < 1.29 is 0 Å². The Hall–Kier alpha value is -1.87. The second kappa shape index (κ2) is 7.35. The molecule has 1 fully saturated rings. The predicted molar refractivity (Wildman–Crippen MR) is 106 cm³/mol. The molecule has 0 aliphatic heterocycles. The van der Waals surface area contributed by atoms with Gasteiger partial charge in [-0.15, -0.1) is 0 Å². The van der Waals surface area contributed by atoms with Gasteiger partial charge in [0.05, 0.1) is 0 Å². The van der Waals surface area contributed by atoms with Crippen molar-refractivity contribution in [2.24, 2.45) is 5.92 Å². The maximum atomic E-state index is 5.80. The van der Waals surface area contributed by atoms with E-state index in [1.807, 2.05) is 0 Å². The van der Waals surface area contributed by atoms with Gasteiger partial charge in [-0.3, -0.25) is 0 Å². The van der Waals surface area contributed by atoms with Crippen LogP contribution in [0.3, 0.4) is 0 Å². The van der Waals surface area contributed by atoms with E-state index >= 15 is 0 Å². The fourth-order valence-corrected chi connectivity index (χ4v) is 3.43. The molecular weight excluding hydrogens is 312 g/mol. The zero-order valence-electron chi connectivity index (χ0n) is 14.8. The first-order chi connectivity index (χ1) is 11.6. The summed E-state index contributed by atoms with van der Waals surface area (Å²) in [4.78, 5) is 2.35. The van der Waals surface area contributed by atoms with Gasteiger partial charge in [0, 0.05) is 18.3 Å². The molecule has 3 heteroatoms. The van der Waals surface area contributed by atoms with Crippen LogP contribution in [0.1, 0.15) is 36.5 Å². The molecule has 1 atom stereocenters. The molecule has 2 aromatic carbocycles. The summed E-state index contributed by atoms with van der Waals surface area (Å²) in [5, 5.41) is 4.32. The Balaban J connectivity index is 1.79. The average molecular weight is 339 g/mol.